The largest absolute Gasteiger partial charge is 0.389 e. The predicted molar refractivity (Wildman–Crippen MR) is 63.9 cm³/mol. The Morgan fingerprint density at radius 2 is 2.06 bits per heavy atom. The highest BCUT2D eigenvalue weighted by atomic mass is 32.1. The number of hydrogen-bond donors (Lipinski definition) is 1. The van der Waals surface area contributed by atoms with E-state index >= 15 is 0 Å². The Bertz CT molecular complexity index is 576. The number of rotatable bonds is 2. The lowest BCUT2D eigenvalue weighted by Gasteiger charge is -2.00. The van der Waals surface area contributed by atoms with Crippen molar-refractivity contribution in [2.24, 2.45) is 0 Å². The summed E-state index contributed by atoms with van der Waals surface area (Å²) in [6.07, 6.45) is 2.22. The van der Waals surface area contributed by atoms with E-state index in [9.17, 15) is 8.78 Å². The number of thiazole rings is 1. The molecule has 2 N–H and O–H groups in total. The second-order valence-corrected chi connectivity index (χ2v) is 5.23. The summed E-state index contributed by atoms with van der Waals surface area (Å²) in [5, 5.41) is 1.39. The van der Waals surface area contributed by atoms with Gasteiger partial charge in [0.05, 0.1) is 5.01 Å². The van der Waals surface area contributed by atoms with E-state index in [1.807, 2.05) is 0 Å². The summed E-state index contributed by atoms with van der Waals surface area (Å²) in [6, 6.07) is 3.32. The standard InChI is InChI=1S/C12H10F2N2S/c13-7-3-4-9(14)8(5-7)10-11(15)17-12(16-10)6-1-2-6/h3-6H,1-2,15H2. The molecule has 1 aromatic carbocycles. The highest BCUT2D eigenvalue weighted by Gasteiger charge is 2.28. The maximum atomic E-state index is 13.6. The van der Waals surface area contributed by atoms with Crippen LogP contribution in [0.4, 0.5) is 13.8 Å². The molecular formula is C12H10F2N2S. The van der Waals surface area contributed by atoms with E-state index < -0.39 is 11.6 Å². The molecule has 0 saturated heterocycles. The van der Waals surface area contributed by atoms with Gasteiger partial charge in [0.2, 0.25) is 0 Å². The van der Waals surface area contributed by atoms with E-state index in [4.69, 9.17) is 5.73 Å². The van der Waals surface area contributed by atoms with Crippen molar-refractivity contribution < 1.29 is 8.78 Å². The molecule has 1 saturated carbocycles. The van der Waals surface area contributed by atoms with Gasteiger partial charge in [-0.25, -0.2) is 13.8 Å². The van der Waals surface area contributed by atoms with E-state index in [-0.39, 0.29) is 5.56 Å². The van der Waals surface area contributed by atoms with Gasteiger partial charge in [-0.05, 0) is 31.0 Å². The number of nitrogen functional groups attached to an aromatic ring is 1. The summed E-state index contributed by atoms with van der Waals surface area (Å²) in [4.78, 5) is 4.33. The van der Waals surface area contributed by atoms with Crippen LogP contribution < -0.4 is 5.73 Å². The van der Waals surface area contributed by atoms with Gasteiger partial charge in [0.15, 0.2) is 0 Å². The molecule has 0 unspecified atom stereocenters. The van der Waals surface area contributed by atoms with Crippen LogP contribution in [0.15, 0.2) is 18.2 Å². The highest BCUT2D eigenvalue weighted by Crippen LogP contribution is 2.45. The first-order valence-electron chi connectivity index (χ1n) is 5.37. The fourth-order valence-electron chi connectivity index (χ4n) is 1.73. The molecular weight excluding hydrogens is 242 g/mol. The van der Waals surface area contributed by atoms with Crippen LogP contribution >= 0.6 is 11.3 Å². The van der Waals surface area contributed by atoms with E-state index in [0.29, 0.717) is 16.6 Å². The third kappa shape index (κ3) is 1.91. The summed E-state index contributed by atoms with van der Waals surface area (Å²) in [6.45, 7) is 0. The SMILES string of the molecule is Nc1sc(C2CC2)nc1-c1cc(F)ccc1F. The smallest absolute Gasteiger partial charge is 0.132 e. The molecule has 0 radical (unpaired) electrons. The molecule has 0 atom stereocenters. The van der Waals surface area contributed by atoms with Gasteiger partial charge < -0.3 is 5.73 Å². The van der Waals surface area contributed by atoms with Crippen molar-refractivity contribution in [2.75, 3.05) is 5.73 Å². The first-order chi connectivity index (χ1) is 8.15. The van der Waals surface area contributed by atoms with Crippen molar-refractivity contribution in [2.45, 2.75) is 18.8 Å². The van der Waals surface area contributed by atoms with Crippen LogP contribution in [0.3, 0.4) is 0 Å². The topological polar surface area (TPSA) is 38.9 Å². The van der Waals surface area contributed by atoms with Crippen molar-refractivity contribution in [3.05, 3.63) is 34.8 Å². The third-order valence-corrected chi connectivity index (χ3v) is 3.83. The summed E-state index contributed by atoms with van der Waals surface area (Å²) < 4.78 is 26.7. The van der Waals surface area contributed by atoms with E-state index in [2.05, 4.69) is 4.98 Å². The minimum Gasteiger partial charge on any atom is -0.389 e. The van der Waals surface area contributed by atoms with Crippen LogP contribution in [-0.2, 0) is 0 Å². The second kappa shape index (κ2) is 3.77. The zero-order chi connectivity index (χ0) is 12.0. The van der Waals surface area contributed by atoms with Crippen LogP contribution in [0.5, 0.6) is 0 Å². The van der Waals surface area contributed by atoms with Crippen molar-refractivity contribution in [3.8, 4) is 11.3 Å². The van der Waals surface area contributed by atoms with E-state index in [1.54, 1.807) is 0 Å². The number of nitrogens with two attached hydrogens (primary N) is 1. The number of hydrogen-bond acceptors (Lipinski definition) is 3. The predicted octanol–water partition coefficient (Wildman–Crippen LogP) is 3.55. The van der Waals surface area contributed by atoms with Gasteiger partial charge >= 0.3 is 0 Å². The van der Waals surface area contributed by atoms with Gasteiger partial charge in [-0.2, -0.15) is 0 Å². The number of benzene rings is 1. The molecule has 3 rings (SSSR count). The number of nitrogens with zero attached hydrogens (tertiary/aromatic N) is 1. The van der Waals surface area contributed by atoms with Gasteiger partial charge in [0.25, 0.3) is 0 Å². The molecule has 0 spiro atoms. The molecule has 1 heterocycles. The van der Waals surface area contributed by atoms with Crippen molar-refractivity contribution >= 4 is 16.3 Å². The summed E-state index contributed by atoms with van der Waals surface area (Å²) >= 11 is 1.37. The Balaban J connectivity index is 2.10. The van der Waals surface area contributed by atoms with Gasteiger partial charge in [-0.3, -0.25) is 0 Å². The molecule has 5 heteroatoms. The van der Waals surface area contributed by atoms with Gasteiger partial charge in [-0.1, -0.05) is 0 Å². The molecule has 88 valence electrons. The molecule has 0 amide bonds. The third-order valence-electron chi connectivity index (χ3n) is 2.78. The fourth-order valence-corrected chi connectivity index (χ4v) is 2.74. The zero-order valence-electron chi connectivity index (χ0n) is 8.91. The first-order valence-corrected chi connectivity index (χ1v) is 6.18. The molecule has 1 aliphatic carbocycles. The van der Waals surface area contributed by atoms with Crippen molar-refractivity contribution in [1.82, 2.24) is 4.98 Å². The minimum atomic E-state index is -0.495. The fraction of sp³-hybridized carbons (Fsp3) is 0.250. The number of anilines is 1. The van der Waals surface area contributed by atoms with Crippen LogP contribution in [0.2, 0.25) is 0 Å². The lowest BCUT2D eigenvalue weighted by atomic mass is 10.1. The average Bonchev–Trinajstić information content (AvgIpc) is 3.07. The normalized spacial score (nSPS) is 15.2. The monoisotopic (exact) mass is 252 g/mol. The van der Waals surface area contributed by atoms with Crippen LogP contribution in [-0.4, -0.2) is 4.98 Å². The Morgan fingerprint density at radius 3 is 2.76 bits per heavy atom. The molecule has 1 aliphatic rings. The molecule has 1 aromatic heterocycles. The Labute approximate surface area is 101 Å². The van der Waals surface area contributed by atoms with Crippen molar-refractivity contribution in [3.63, 3.8) is 0 Å². The number of halogens is 2. The quantitative estimate of drug-likeness (QED) is 0.887. The summed E-state index contributed by atoms with van der Waals surface area (Å²) in [7, 11) is 0. The first kappa shape index (κ1) is 10.7. The van der Waals surface area contributed by atoms with Gasteiger partial charge in [-0.15, -0.1) is 11.3 Å². The van der Waals surface area contributed by atoms with E-state index in [0.717, 1.165) is 36.0 Å². The average molecular weight is 252 g/mol. The Morgan fingerprint density at radius 1 is 1.29 bits per heavy atom. The molecule has 2 aromatic rings. The lowest BCUT2D eigenvalue weighted by Crippen LogP contribution is -1.91. The maximum absolute atomic E-state index is 13.6. The molecule has 1 fully saturated rings. The zero-order valence-corrected chi connectivity index (χ0v) is 9.73. The molecule has 2 nitrogen and oxygen atoms in total. The minimum absolute atomic E-state index is 0.144. The number of aromatic nitrogens is 1. The molecule has 0 bridgehead atoms. The van der Waals surface area contributed by atoms with Crippen molar-refractivity contribution in [1.29, 1.82) is 0 Å². The van der Waals surface area contributed by atoms with Crippen LogP contribution in [0.1, 0.15) is 23.8 Å². The van der Waals surface area contributed by atoms with Gasteiger partial charge in [0, 0.05) is 11.5 Å². The lowest BCUT2D eigenvalue weighted by molar-refractivity contribution is 0.603. The molecule has 17 heavy (non-hydrogen) atoms. The Hall–Kier alpha value is -1.49. The van der Waals surface area contributed by atoms with Crippen LogP contribution in [0, 0.1) is 11.6 Å². The van der Waals surface area contributed by atoms with E-state index in [1.165, 1.54) is 11.3 Å². The maximum Gasteiger partial charge on any atom is 0.132 e. The second-order valence-electron chi connectivity index (χ2n) is 4.16. The Kier molecular flexibility index (Phi) is 2.36. The summed E-state index contributed by atoms with van der Waals surface area (Å²) in [5.74, 6) is -0.514. The highest BCUT2D eigenvalue weighted by molar-refractivity contribution is 7.16. The van der Waals surface area contributed by atoms with Crippen LogP contribution in [0.25, 0.3) is 11.3 Å². The van der Waals surface area contributed by atoms with Gasteiger partial charge in [0.1, 0.15) is 22.3 Å². The summed E-state index contributed by atoms with van der Waals surface area (Å²) in [5.41, 5.74) is 6.34. The molecule has 0 aliphatic heterocycles.